The van der Waals surface area contributed by atoms with Gasteiger partial charge >= 0.3 is 0 Å². The Morgan fingerprint density at radius 2 is 2.04 bits per heavy atom. The number of carbonyl (C=O) groups excluding carboxylic acids is 1. The number of benzene rings is 1. The molecule has 2 aromatic rings. The molecule has 1 N–H and O–H groups in total. The zero-order chi connectivity index (χ0) is 16.5. The molecular weight excluding hydrogens is 312 g/mol. The molecule has 2 rings (SSSR count). The van der Waals surface area contributed by atoms with E-state index >= 15 is 0 Å². The van der Waals surface area contributed by atoms with Crippen LogP contribution in [0.15, 0.2) is 29.6 Å². The van der Waals surface area contributed by atoms with E-state index in [2.05, 4.69) is 10.3 Å². The second-order valence-corrected chi connectivity index (χ2v) is 5.93. The molecule has 0 spiro atoms. The van der Waals surface area contributed by atoms with E-state index in [0.29, 0.717) is 26.0 Å². The minimum Gasteiger partial charge on any atom is -0.497 e. The molecule has 0 saturated heterocycles. The number of amides is 1. The summed E-state index contributed by atoms with van der Waals surface area (Å²) in [5.74, 6) is 0.885. The number of thiazole rings is 1. The van der Waals surface area contributed by atoms with Gasteiger partial charge < -0.3 is 14.8 Å². The smallest absolute Gasteiger partial charge is 0.220 e. The van der Waals surface area contributed by atoms with E-state index < -0.39 is 0 Å². The maximum atomic E-state index is 11.7. The van der Waals surface area contributed by atoms with Crippen molar-refractivity contribution in [1.29, 1.82) is 0 Å². The second-order valence-electron chi connectivity index (χ2n) is 5.07. The number of aromatic nitrogens is 1. The van der Waals surface area contributed by atoms with Gasteiger partial charge in [-0.3, -0.25) is 4.79 Å². The van der Waals surface area contributed by atoms with Gasteiger partial charge in [0.15, 0.2) is 0 Å². The van der Waals surface area contributed by atoms with Crippen molar-refractivity contribution < 1.29 is 14.3 Å². The highest BCUT2D eigenvalue weighted by molar-refractivity contribution is 7.13. The SMILES string of the molecule is COCCCNC(=O)CCc1csc(-c2ccc(OC)cc2)n1. The van der Waals surface area contributed by atoms with E-state index in [1.54, 1.807) is 25.6 Å². The van der Waals surface area contributed by atoms with Crippen LogP contribution in [0, 0.1) is 0 Å². The first-order chi connectivity index (χ1) is 11.2. The lowest BCUT2D eigenvalue weighted by Crippen LogP contribution is -2.25. The quantitative estimate of drug-likeness (QED) is 0.716. The van der Waals surface area contributed by atoms with Crippen LogP contribution in [0.5, 0.6) is 5.75 Å². The number of nitrogens with one attached hydrogen (secondary N) is 1. The van der Waals surface area contributed by atoms with E-state index in [1.807, 2.05) is 29.6 Å². The van der Waals surface area contributed by atoms with Gasteiger partial charge in [0.25, 0.3) is 0 Å². The summed E-state index contributed by atoms with van der Waals surface area (Å²) in [4.78, 5) is 16.3. The average Bonchev–Trinajstić information content (AvgIpc) is 3.06. The van der Waals surface area contributed by atoms with Crippen molar-refractivity contribution in [1.82, 2.24) is 10.3 Å². The molecule has 1 amide bonds. The van der Waals surface area contributed by atoms with E-state index in [0.717, 1.165) is 28.4 Å². The monoisotopic (exact) mass is 334 g/mol. The van der Waals surface area contributed by atoms with Crippen LogP contribution < -0.4 is 10.1 Å². The van der Waals surface area contributed by atoms with Crippen molar-refractivity contribution in [2.45, 2.75) is 19.3 Å². The Morgan fingerprint density at radius 1 is 1.26 bits per heavy atom. The topological polar surface area (TPSA) is 60.5 Å². The molecule has 1 aromatic heterocycles. The van der Waals surface area contributed by atoms with Crippen LogP contribution in [0.25, 0.3) is 10.6 Å². The molecule has 0 fully saturated rings. The summed E-state index contributed by atoms with van der Waals surface area (Å²) in [6, 6.07) is 7.82. The van der Waals surface area contributed by atoms with Crippen LogP contribution in [0.4, 0.5) is 0 Å². The highest BCUT2D eigenvalue weighted by Crippen LogP contribution is 2.26. The van der Waals surface area contributed by atoms with Gasteiger partial charge in [0.05, 0.1) is 12.8 Å². The van der Waals surface area contributed by atoms with Crippen LogP contribution in [0.3, 0.4) is 0 Å². The highest BCUT2D eigenvalue weighted by Gasteiger charge is 2.07. The maximum Gasteiger partial charge on any atom is 0.220 e. The van der Waals surface area contributed by atoms with Crippen LogP contribution >= 0.6 is 11.3 Å². The Bertz CT molecular complexity index is 611. The predicted molar refractivity (Wildman–Crippen MR) is 91.9 cm³/mol. The first-order valence-electron chi connectivity index (χ1n) is 7.57. The average molecular weight is 334 g/mol. The van der Waals surface area contributed by atoms with E-state index in [-0.39, 0.29) is 5.91 Å². The van der Waals surface area contributed by atoms with E-state index in [4.69, 9.17) is 9.47 Å². The van der Waals surface area contributed by atoms with Crippen LogP contribution in [0.1, 0.15) is 18.5 Å². The third-order valence-electron chi connectivity index (χ3n) is 3.34. The highest BCUT2D eigenvalue weighted by atomic mass is 32.1. The Labute approximate surface area is 140 Å². The number of hydrogen-bond acceptors (Lipinski definition) is 5. The van der Waals surface area contributed by atoms with Crippen LogP contribution in [-0.4, -0.2) is 38.3 Å². The lowest BCUT2D eigenvalue weighted by molar-refractivity contribution is -0.121. The molecule has 0 unspecified atom stereocenters. The van der Waals surface area contributed by atoms with Gasteiger partial charge in [-0.25, -0.2) is 4.98 Å². The Hall–Kier alpha value is -1.92. The predicted octanol–water partition coefficient (Wildman–Crippen LogP) is 2.90. The molecular formula is C17H22N2O3S. The molecule has 0 bridgehead atoms. The second kappa shape index (κ2) is 9.27. The summed E-state index contributed by atoms with van der Waals surface area (Å²) >= 11 is 1.59. The number of methoxy groups -OCH3 is 2. The molecule has 0 radical (unpaired) electrons. The van der Waals surface area contributed by atoms with Crippen molar-refractivity contribution in [3.05, 3.63) is 35.3 Å². The number of ether oxygens (including phenoxy) is 2. The summed E-state index contributed by atoms with van der Waals surface area (Å²) in [6.45, 7) is 1.32. The summed E-state index contributed by atoms with van der Waals surface area (Å²) in [5, 5.41) is 5.85. The van der Waals surface area contributed by atoms with Crippen molar-refractivity contribution >= 4 is 17.2 Å². The first kappa shape index (κ1) is 17.4. The van der Waals surface area contributed by atoms with Gasteiger partial charge in [-0.05, 0) is 37.1 Å². The molecule has 1 heterocycles. The number of hydrogen-bond donors (Lipinski definition) is 1. The largest absolute Gasteiger partial charge is 0.497 e. The van der Waals surface area contributed by atoms with Crippen LogP contribution in [0.2, 0.25) is 0 Å². The summed E-state index contributed by atoms with van der Waals surface area (Å²) in [5.41, 5.74) is 2.01. The minimum atomic E-state index is 0.0556. The fourth-order valence-corrected chi connectivity index (χ4v) is 2.92. The van der Waals surface area contributed by atoms with Crippen molar-refractivity contribution in [2.75, 3.05) is 27.4 Å². The van der Waals surface area contributed by atoms with Gasteiger partial charge in [0.2, 0.25) is 5.91 Å². The Morgan fingerprint density at radius 3 is 2.74 bits per heavy atom. The number of aryl methyl sites for hydroxylation is 1. The Kier molecular flexibility index (Phi) is 7.03. The van der Waals surface area contributed by atoms with Crippen molar-refractivity contribution in [2.24, 2.45) is 0 Å². The number of carbonyl (C=O) groups is 1. The molecule has 0 atom stereocenters. The molecule has 1 aromatic carbocycles. The molecule has 0 saturated carbocycles. The van der Waals surface area contributed by atoms with Crippen molar-refractivity contribution in [3.8, 4) is 16.3 Å². The standard InChI is InChI=1S/C17H22N2O3S/c1-21-11-3-10-18-16(20)9-6-14-12-23-17(19-14)13-4-7-15(22-2)8-5-13/h4-5,7-8,12H,3,6,9-11H2,1-2H3,(H,18,20). The fourth-order valence-electron chi connectivity index (χ4n) is 2.06. The normalized spacial score (nSPS) is 10.5. The lowest BCUT2D eigenvalue weighted by Gasteiger charge is -2.03. The Balaban J connectivity index is 1.81. The van der Waals surface area contributed by atoms with Crippen molar-refractivity contribution in [3.63, 3.8) is 0 Å². The lowest BCUT2D eigenvalue weighted by atomic mass is 10.2. The third kappa shape index (κ3) is 5.65. The first-order valence-corrected chi connectivity index (χ1v) is 8.45. The summed E-state index contributed by atoms with van der Waals surface area (Å²) in [6.07, 6.45) is 1.95. The molecule has 6 heteroatoms. The molecule has 0 aliphatic carbocycles. The minimum absolute atomic E-state index is 0.0556. The zero-order valence-electron chi connectivity index (χ0n) is 13.5. The zero-order valence-corrected chi connectivity index (χ0v) is 14.3. The number of nitrogens with zero attached hydrogens (tertiary/aromatic N) is 1. The molecule has 0 aliphatic heterocycles. The summed E-state index contributed by atoms with van der Waals surface area (Å²) < 4.78 is 10.1. The van der Waals surface area contributed by atoms with Crippen LogP contribution in [-0.2, 0) is 16.0 Å². The molecule has 23 heavy (non-hydrogen) atoms. The number of rotatable bonds is 9. The molecule has 5 nitrogen and oxygen atoms in total. The van der Waals surface area contributed by atoms with E-state index in [9.17, 15) is 4.79 Å². The van der Waals surface area contributed by atoms with Gasteiger partial charge in [-0.1, -0.05) is 0 Å². The van der Waals surface area contributed by atoms with Gasteiger partial charge in [-0.15, -0.1) is 11.3 Å². The van der Waals surface area contributed by atoms with Gasteiger partial charge in [0, 0.05) is 37.6 Å². The van der Waals surface area contributed by atoms with E-state index in [1.165, 1.54) is 0 Å². The van der Waals surface area contributed by atoms with Gasteiger partial charge in [0.1, 0.15) is 10.8 Å². The third-order valence-corrected chi connectivity index (χ3v) is 4.28. The summed E-state index contributed by atoms with van der Waals surface area (Å²) in [7, 11) is 3.31. The maximum absolute atomic E-state index is 11.7. The van der Waals surface area contributed by atoms with Gasteiger partial charge in [-0.2, -0.15) is 0 Å². The molecule has 124 valence electrons. The molecule has 0 aliphatic rings. The fraction of sp³-hybridized carbons (Fsp3) is 0.412.